The van der Waals surface area contributed by atoms with Crippen molar-refractivity contribution in [2.75, 3.05) is 17.7 Å². The van der Waals surface area contributed by atoms with Gasteiger partial charge in [-0.25, -0.2) is 4.98 Å². The maximum Gasteiger partial charge on any atom is 0.293 e. The second kappa shape index (κ2) is 5.75. The molecule has 0 saturated carbocycles. The third kappa shape index (κ3) is 3.55. The van der Waals surface area contributed by atoms with Crippen LogP contribution in [0.1, 0.15) is 13.8 Å². The molecule has 0 saturated heterocycles. The topological polar surface area (TPSA) is 46.9 Å². The van der Waals surface area contributed by atoms with Gasteiger partial charge in [0.2, 0.25) is 0 Å². The van der Waals surface area contributed by atoms with Gasteiger partial charge in [0.15, 0.2) is 5.82 Å². The van der Waals surface area contributed by atoms with Crippen LogP contribution < -0.4 is 10.9 Å². The average Bonchev–Trinajstić information content (AvgIpc) is 2.19. The number of alkyl halides is 1. The van der Waals surface area contributed by atoms with E-state index in [1.54, 1.807) is 17.0 Å². The molecule has 1 rings (SSSR count). The molecule has 1 heterocycles. The smallest absolute Gasteiger partial charge is 0.293 e. The van der Waals surface area contributed by atoms with Crippen molar-refractivity contribution in [1.29, 1.82) is 0 Å². The highest BCUT2D eigenvalue weighted by Crippen LogP contribution is 1.98. The van der Waals surface area contributed by atoms with Crippen LogP contribution in [0.5, 0.6) is 0 Å². The molecule has 0 unspecified atom stereocenters. The molecule has 0 bridgehead atoms. The third-order valence-corrected chi connectivity index (χ3v) is 2.05. The summed E-state index contributed by atoms with van der Waals surface area (Å²) in [6, 6.07) is 0. The van der Waals surface area contributed by atoms with E-state index in [2.05, 4.69) is 24.1 Å². The van der Waals surface area contributed by atoms with Crippen molar-refractivity contribution in [3.05, 3.63) is 22.7 Å². The molecule has 0 atom stereocenters. The molecule has 0 spiro atoms. The Hall–Kier alpha value is -1.03. The molecule has 84 valence electrons. The SMILES string of the molecule is CC(C)Cn1ccnc(NCCCl)c1=O. The monoisotopic (exact) mass is 229 g/mol. The highest BCUT2D eigenvalue weighted by molar-refractivity contribution is 6.18. The quantitative estimate of drug-likeness (QED) is 0.780. The Morgan fingerprint density at radius 2 is 2.33 bits per heavy atom. The first-order valence-corrected chi connectivity index (χ1v) is 5.54. The summed E-state index contributed by atoms with van der Waals surface area (Å²) in [7, 11) is 0. The van der Waals surface area contributed by atoms with Crippen LogP contribution >= 0.6 is 11.6 Å². The molecule has 0 aliphatic heterocycles. The largest absolute Gasteiger partial charge is 0.364 e. The van der Waals surface area contributed by atoms with E-state index < -0.39 is 0 Å². The van der Waals surface area contributed by atoms with Gasteiger partial charge < -0.3 is 9.88 Å². The lowest BCUT2D eigenvalue weighted by Crippen LogP contribution is -2.26. The number of hydrogen-bond acceptors (Lipinski definition) is 3. The molecular formula is C10H16ClN3O. The van der Waals surface area contributed by atoms with Crippen LogP contribution in [0.2, 0.25) is 0 Å². The second-order valence-corrected chi connectivity index (χ2v) is 4.12. The fraction of sp³-hybridized carbons (Fsp3) is 0.600. The first-order chi connectivity index (χ1) is 7.15. The first kappa shape index (κ1) is 12.0. The number of aromatic nitrogens is 2. The van der Waals surface area contributed by atoms with Gasteiger partial charge in [-0.3, -0.25) is 4.79 Å². The minimum Gasteiger partial charge on any atom is -0.364 e. The third-order valence-electron chi connectivity index (χ3n) is 1.86. The van der Waals surface area contributed by atoms with E-state index in [4.69, 9.17) is 11.6 Å². The summed E-state index contributed by atoms with van der Waals surface area (Å²) in [6.45, 7) is 5.39. The van der Waals surface area contributed by atoms with E-state index in [0.717, 1.165) is 0 Å². The lowest BCUT2D eigenvalue weighted by atomic mass is 10.2. The van der Waals surface area contributed by atoms with E-state index >= 15 is 0 Å². The Morgan fingerprint density at radius 3 is 2.93 bits per heavy atom. The average molecular weight is 230 g/mol. The molecule has 15 heavy (non-hydrogen) atoms. The number of hydrogen-bond donors (Lipinski definition) is 1. The lowest BCUT2D eigenvalue weighted by Gasteiger charge is -2.10. The van der Waals surface area contributed by atoms with E-state index in [1.807, 2.05) is 0 Å². The van der Waals surface area contributed by atoms with Gasteiger partial charge >= 0.3 is 0 Å². The molecule has 1 N–H and O–H groups in total. The molecule has 0 radical (unpaired) electrons. The van der Waals surface area contributed by atoms with Crippen molar-refractivity contribution in [1.82, 2.24) is 9.55 Å². The Kier molecular flexibility index (Phi) is 4.62. The number of halogens is 1. The van der Waals surface area contributed by atoms with Crippen LogP contribution in [0.3, 0.4) is 0 Å². The molecule has 1 aromatic heterocycles. The standard InChI is InChI=1S/C10H16ClN3O/c1-8(2)7-14-6-5-13-9(10(14)15)12-4-3-11/h5-6,8H,3-4,7H2,1-2H3,(H,12,13). The minimum atomic E-state index is -0.0867. The molecule has 0 amide bonds. The van der Waals surface area contributed by atoms with Gasteiger partial charge in [0.1, 0.15) is 0 Å². The van der Waals surface area contributed by atoms with Crippen molar-refractivity contribution in [2.24, 2.45) is 5.92 Å². The molecule has 5 heteroatoms. The Bertz CT molecular complexity index is 362. The van der Waals surface area contributed by atoms with Crippen molar-refractivity contribution in [2.45, 2.75) is 20.4 Å². The Morgan fingerprint density at radius 1 is 1.60 bits per heavy atom. The highest BCUT2D eigenvalue weighted by Gasteiger charge is 2.04. The van der Waals surface area contributed by atoms with Crippen molar-refractivity contribution in [3.8, 4) is 0 Å². The van der Waals surface area contributed by atoms with Gasteiger partial charge in [0.05, 0.1) is 0 Å². The van der Waals surface area contributed by atoms with Gasteiger partial charge in [-0.15, -0.1) is 11.6 Å². The maximum absolute atomic E-state index is 11.8. The second-order valence-electron chi connectivity index (χ2n) is 3.74. The summed E-state index contributed by atoms with van der Waals surface area (Å²) in [4.78, 5) is 15.8. The molecule has 0 aromatic carbocycles. The van der Waals surface area contributed by atoms with Crippen LogP contribution in [-0.4, -0.2) is 22.0 Å². The molecule has 0 fully saturated rings. The zero-order valence-corrected chi connectivity index (χ0v) is 9.79. The fourth-order valence-corrected chi connectivity index (χ4v) is 1.37. The fourth-order valence-electron chi connectivity index (χ4n) is 1.27. The molecule has 4 nitrogen and oxygen atoms in total. The van der Waals surface area contributed by atoms with Gasteiger partial charge in [0.25, 0.3) is 5.56 Å². The lowest BCUT2D eigenvalue weighted by molar-refractivity contribution is 0.509. The van der Waals surface area contributed by atoms with Gasteiger partial charge in [-0.2, -0.15) is 0 Å². The number of nitrogens with zero attached hydrogens (tertiary/aromatic N) is 2. The van der Waals surface area contributed by atoms with Gasteiger partial charge in [0, 0.05) is 31.4 Å². The zero-order valence-electron chi connectivity index (χ0n) is 9.03. The number of anilines is 1. The predicted molar refractivity (Wildman–Crippen MR) is 62.5 cm³/mol. The van der Waals surface area contributed by atoms with Crippen LogP contribution in [0.25, 0.3) is 0 Å². The zero-order chi connectivity index (χ0) is 11.3. The molecular weight excluding hydrogens is 214 g/mol. The van der Waals surface area contributed by atoms with Crippen LogP contribution in [0.15, 0.2) is 17.2 Å². The summed E-state index contributed by atoms with van der Waals surface area (Å²) in [5.41, 5.74) is -0.0867. The van der Waals surface area contributed by atoms with Crippen molar-refractivity contribution < 1.29 is 0 Å². The van der Waals surface area contributed by atoms with Crippen LogP contribution in [0.4, 0.5) is 5.82 Å². The molecule has 1 aromatic rings. The summed E-state index contributed by atoms with van der Waals surface area (Å²) in [6.07, 6.45) is 3.33. The normalized spacial score (nSPS) is 10.7. The van der Waals surface area contributed by atoms with E-state index in [0.29, 0.717) is 30.7 Å². The first-order valence-electron chi connectivity index (χ1n) is 5.00. The highest BCUT2D eigenvalue weighted by atomic mass is 35.5. The summed E-state index contributed by atoms with van der Waals surface area (Å²) in [5.74, 6) is 1.27. The summed E-state index contributed by atoms with van der Waals surface area (Å²) in [5, 5.41) is 2.90. The van der Waals surface area contributed by atoms with Crippen molar-refractivity contribution >= 4 is 17.4 Å². The van der Waals surface area contributed by atoms with Gasteiger partial charge in [-0.05, 0) is 5.92 Å². The maximum atomic E-state index is 11.8. The predicted octanol–water partition coefficient (Wildman–Crippen LogP) is 1.55. The Labute approximate surface area is 94.3 Å². The number of rotatable bonds is 5. The van der Waals surface area contributed by atoms with Crippen molar-refractivity contribution in [3.63, 3.8) is 0 Å². The van der Waals surface area contributed by atoms with Crippen LogP contribution in [0, 0.1) is 5.92 Å². The number of nitrogens with one attached hydrogen (secondary N) is 1. The summed E-state index contributed by atoms with van der Waals surface area (Å²) < 4.78 is 1.66. The van der Waals surface area contributed by atoms with E-state index in [-0.39, 0.29) is 5.56 Å². The Balaban J connectivity index is 2.85. The van der Waals surface area contributed by atoms with E-state index in [9.17, 15) is 4.79 Å². The van der Waals surface area contributed by atoms with E-state index in [1.165, 1.54) is 0 Å². The minimum absolute atomic E-state index is 0.0867. The van der Waals surface area contributed by atoms with Gasteiger partial charge in [-0.1, -0.05) is 13.8 Å². The molecule has 0 aliphatic carbocycles. The van der Waals surface area contributed by atoms with Crippen LogP contribution in [-0.2, 0) is 6.54 Å². The summed E-state index contributed by atoms with van der Waals surface area (Å²) >= 11 is 5.53. The molecule has 0 aliphatic rings.